The molecule has 0 nitrogen and oxygen atoms in total. The summed E-state index contributed by atoms with van der Waals surface area (Å²) in [5, 5.41) is 0. The van der Waals surface area contributed by atoms with E-state index in [0.29, 0.717) is 0 Å². The fourth-order valence-corrected chi connectivity index (χ4v) is 1.45. The molecule has 0 atom stereocenters. The van der Waals surface area contributed by atoms with Crippen molar-refractivity contribution in [2.75, 3.05) is 0 Å². The maximum Gasteiger partial charge on any atom is 0 e. The van der Waals surface area contributed by atoms with E-state index in [1.54, 1.807) is 0 Å². The van der Waals surface area contributed by atoms with Crippen LogP contribution in [0.5, 0.6) is 0 Å². The summed E-state index contributed by atoms with van der Waals surface area (Å²) in [6.45, 7) is 8.71. The summed E-state index contributed by atoms with van der Waals surface area (Å²) in [5.41, 5.74) is 5.95. The second-order valence-corrected chi connectivity index (χ2v) is 6.53. The number of halogens is 6. The molecule has 0 N–H and O–H groups in total. The zero-order valence-corrected chi connectivity index (χ0v) is 14.4. The standard InChI is InChI=1S/C8H12.C6H6.Co.F6P/c1-5-6(2)8(4)7(5)3;1-2-4-6-5-3-1;;1-7(2,3,4,5)6/h1-4H3;1-6H;;/q;;;-1. The van der Waals surface area contributed by atoms with Gasteiger partial charge in [0.1, 0.15) is 0 Å². The van der Waals surface area contributed by atoms with Crippen molar-refractivity contribution in [1.29, 1.82) is 0 Å². The minimum Gasteiger partial charge on any atom is -0.0623 e. The van der Waals surface area contributed by atoms with Gasteiger partial charge in [-0.05, 0) is 50.0 Å². The zero-order valence-electron chi connectivity index (χ0n) is 12.5. The molecule has 0 heterocycles. The summed E-state index contributed by atoms with van der Waals surface area (Å²) in [6.07, 6.45) is 0. The molecule has 1 aromatic carbocycles. The summed E-state index contributed by atoms with van der Waals surface area (Å²) < 4.78 is 59.2. The second kappa shape index (κ2) is 7.19. The van der Waals surface area contributed by atoms with Crippen molar-refractivity contribution >= 4 is 7.81 Å². The number of rotatable bonds is 0. The third kappa shape index (κ3) is 14.2. The van der Waals surface area contributed by atoms with Crippen LogP contribution in [0, 0.1) is 0 Å². The molecule has 1 aromatic rings. The van der Waals surface area contributed by atoms with Gasteiger partial charge in [-0.3, -0.25) is 0 Å². The van der Waals surface area contributed by atoms with E-state index in [2.05, 4.69) is 27.7 Å². The molecule has 1 radical (unpaired) electrons. The van der Waals surface area contributed by atoms with Crippen LogP contribution in [0.25, 0.3) is 0 Å². The van der Waals surface area contributed by atoms with Crippen molar-refractivity contribution < 1.29 is 42.0 Å². The van der Waals surface area contributed by atoms with Gasteiger partial charge < -0.3 is 0 Å². The van der Waals surface area contributed by atoms with E-state index in [-0.39, 0.29) is 16.8 Å². The SMILES string of the molecule is CC1=C(C)C(C)=C1C.F[P-](F)(F)(F)(F)F.[Co].c1ccccc1. The van der Waals surface area contributed by atoms with E-state index in [9.17, 15) is 25.2 Å². The summed E-state index contributed by atoms with van der Waals surface area (Å²) in [4.78, 5) is 0. The van der Waals surface area contributed by atoms with E-state index < -0.39 is 7.81 Å². The first-order valence-corrected chi connectivity index (χ1v) is 8.04. The Morgan fingerprint density at radius 2 is 0.591 bits per heavy atom. The molecule has 0 saturated heterocycles. The smallest absolute Gasteiger partial charge is 0 e. The summed E-state index contributed by atoms with van der Waals surface area (Å²) in [7, 11) is -10.7. The first-order chi connectivity index (χ1) is 9.09. The summed E-state index contributed by atoms with van der Waals surface area (Å²) in [5.74, 6) is 0. The van der Waals surface area contributed by atoms with Gasteiger partial charge >= 0.3 is 33.0 Å². The zero-order chi connectivity index (χ0) is 17.0. The van der Waals surface area contributed by atoms with Crippen molar-refractivity contribution in [2.45, 2.75) is 27.7 Å². The average Bonchev–Trinajstić information content (AvgIpc) is 2.35. The Hall–Kier alpha value is -0.784. The summed E-state index contributed by atoms with van der Waals surface area (Å²) in [6, 6.07) is 12.0. The van der Waals surface area contributed by atoms with Crippen LogP contribution in [0.4, 0.5) is 25.2 Å². The molecule has 131 valence electrons. The van der Waals surface area contributed by atoms with Gasteiger partial charge in [0.25, 0.3) is 0 Å². The van der Waals surface area contributed by atoms with Gasteiger partial charge in [-0.15, -0.1) is 0 Å². The molecular formula is C14H18CoF6P-. The van der Waals surface area contributed by atoms with Crippen LogP contribution in [-0.2, 0) is 16.8 Å². The van der Waals surface area contributed by atoms with Gasteiger partial charge in [-0.25, -0.2) is 0 Å². The molecule has 0 spiro atoms. The number of allylic oxidation sites excluding steroid dienone is 4. The largest absolute Gasteiger partial charge is 0.0623 e. The Morgan fingerprint density at radius 1 is 0.500 bits per heavy atom. The molecule has 0 aliphatic heterocycles. The van der Waals surface area contributed by atoms with Gasteiger partial charge in [-0.2, -0.15) is 0 Å². The number of benzene rings is 1. The second-order valence-electron chi connectivity index (χ2n) is 4.61. The Bertz CT molecular complexity index is 452. The van der Waals surface area contributed by atoms with Crippen molar-refractivity contribution in [3.63, 3.8) is 0 Å². The average molecular weight is 390 g/mol. The topological polar surface area (TPSA) is 0 Å². The molecule has 2 rings (SSSR count). The maximum absolute atomic E-state index is 10.7. The molecule has 0 fully saturated rings. The van der Waals surface area contributed by atoms with Crippen LogP contribution < -0.4 is 0 Å². The van der Waals surface area contributed by atoms with E-state index in [1.165, 1.54) is 22.3 Å². The number of hydrogen-bond acceptors (Lipinski definition) is 0. The van der Waals surface area contributed by atoms with Gasteiger partial charge in [0, 0.05) is 16.8 Å². The first kappa shape index (κ1) is 23.5. The minimum absolute atomic E-state index is 0. The van der Waals surface area contributed by atoms with E-state index in [1.807, 2.05) is 36.4 Å². The Balaban J connectivity index is 0. The fraction of sp³-hybridized carbons (Fsp3) is 0.286. The fourth-order valence-electron chi connectivity index (χ4n) is 1.45. The Kier molecular flexibility index (Phi) is 7.68. The van der Waals surface area contributed by atoms with Gasteiger partial charge in [-0.1, -0.05) is 36.4 Å². The first-order valence-electron chi connectivity index (χ1n) is 6.01. The normalized spacial score (nSPS) is 16.6. The van der Waals surface area contributed by atoms with Crippen LogP contribution in [-0.4, -0.2) is 0 Å². The van der Waals surface area contributed by atoms with Crippen molar-refractivity contribution in [1.82, 2.24) is 0 Å². The maximum atomic E-state index is 9.87. The molecule has 0 unspecified atom stereocenters. The van der Waals surface area contributed by atoms with Gasteiger partial charge in [0.05, 0.1) is 0 Å². The molecule has 0 amide bonds. The molecule has 0 saturated carbocycles. The monoisotopic (exact) mass is 390 g/mol. The van der Waals surface area contributed by atoms with Crippen LogP contribution in [0.15, 0.2) is 58.7 Å². The molecule has 1 aliphatic carbocycles. The molecule has 22 heavy (non-hydrogen) atoms. The van der Waals surface area contributed by atoms with Crippen LogP contribution in [0.3, 0.4) is 0 Å². The number of hydrogen-bond donors (Lipinski definition) is 0. The molecule has 0 aromatic heterocycles. The quantitative estimate of drug-likeness (QED) is 0.314. The predicted octanol–water partition coefficient (Wildman–Crippen LogP) is 7.74. The summed E-state index contributed by atoms with van der Waals surface area (Å²) >= 11 is 0. The molecule has 0 bridgehead atoms. The molecular weight excluding hydrogens is 372 g/mol. The third-order valence-corrected chi connectivity index (χ3v) is 2.92. The van der Waals surface area contributed by atoms with Crippen LogP contribution >= 0.6 is 7.81 Å². The Labute approximate surface area is 136 Å². The molecule has 8 heteroatoms. The van der Waals surface area contributed by atoms with Crippen LogP contribution in [0.1, 0.15) is 27.7 Å². The van der Waals surface area contributed by atoms with Crippen molar-refractivity contribution in [2.24, 2.45) is 0 Å². The van der Waals surface area contributed by atoms with Gasteiger partial charge in [0.15, 0.2) is 0 Å². The third-order valence-electron chi connectivity index (χ3n) is 2.92. The van der Waals surface area contributed by atoms with Crippen molar-refractivity contribution in [3.05, 3.63) is 58.7 Å². The van der Waals surface area contributed by atoms with Gasteiger partial charge in [0.2, 0.25) is 0 Å². The van der Waals surface area contributed by atoms with E-state index in [0.717, 1.165) is 0 Å². The predicted molar refractivity (Wildman–Crippen MR) is 76.8 cm³/mol. The molecule has 1 aliphatic rings. The van der Waals surface area contributed by atoms with E-state index in [4.69, 9.17) is 0 Å². The van der Waals surface area contributed by atoms with E-state index >= 15 is 0 Å². The van der Waals surface area contributed by atoms with Crippen LogP contribution in [0.2, 0.25) is 0 Å². The van der Waals surface area contributed by atoms with Crippen molar-refractivity contribution in [3.8, 4) is 0 Å². The minimum atomic E-state index is -10.7. The Morgan fingerprint density at radius 3 is 0.682 bits per heavy atom.